The van der Waals surface area contributed by atoms with Crippen molar-refractivity contribution in [3.63, 3.8) is 0 Å². The Balaban J connectivity index is 1.41. The van der Waals surface area contributed by atoms with Crippen molar-refractivity contribution in [2.45, 2.75) is 63.6 Å². The summed E-state index contributed by atoms with van der Waals surface area (Å²) in [5, 5.41) is 5.42. The topological polar surface area (TPSA) is 79.5 Å². The maximum atomic E-state index is 16.8. The molecule has 0 amide bonds. The molecule has 0 aliphatic carbocycles. The van der Waals surface area contributed by atoms with Crippen LogP contribution in [0.5, 0.6) is 6.01 Å². The summed E-state index contributed by atoms with van der Waals surface area (Å²) in [4.78, 5) is 14.1. The number of nitrogens with zero attached hydrogens (tertiary/aromatic N) is 4. The second kappa shape index (κ2) is 10.4. The number of aryl methyl sites for hydroxylation is 1. The number of fused-ring (bicyclic) bond motifs is 2. The van der Waals surface area contributed by atoms with Gasteiger partial charge in [-0.15, -0.1) is 11.3 Å². The Kier molecular flexibility index (Phi) is 6.96. The van der Waals surface area contributed by atoms with Gasteiger partial charge in [0, 0.05) is 41.0 Å². The minimum Gasteiger partial charge on any atom is -0.459 e. The number of hydrogen-bond acceptors (Lipinski definition) is 8. The third-order valence-corrected chi connectivity index (χ3v) is 11.0. The molecular weight excluding hydrogens is 578 g/mol. The number of benzene rings is 2. The van der Waals surface area contributed by atoms with Crippen molar-refractivity contribution in [1.29, 1.82) is 0 Å². The van der Waals surface area contributed by atoms with E-state index < -0.39 is 11.6 Å². The van der Waals surface area contributed by atoms with E-state index in [1.807, 2.05) is 13.8 Å². The predicted octanol–water partition coefficient (Wildman–Crippen LogP) is 6.53. The highest BCUT2D eigenvalue weighted by Crippen LogP contribution is 2.46. The molecule has 3 N–H and O–H groups in total. The van der Waals surface area contributed by atoms with E-state index in [2.05, 4.69) is 27.1 Å². The molecule has 0 saturated carbocycles. The van der Waals surface area contributed by atoms with Crippen LogP contribution in [-0.4, -0.2) is 65.8 Å². The molecule has 3 saturated heterocycles. The lowest BCUT2D eigenvalue weighted by molar-refractivity contribution is 0.112. The zero-order chi connectivity index (χ0) is 29.3. The minimum absolute atomic E-state index is 0.0504. The lowest BCUT2D eigenvalue weighted by atomic mass is 9.80. The molecule has 42 heavy (non-hydrogen) atoms. The van der Waals surface area contributed by atoms with Crippen LogP contribution in [0.2, 0.25) is 5.02 Å². The van der Waals surface area contributed by atoms with E-state index in [0.29, 0.717) is 37.4 Å². The fourth-order valence-corrected chi connectivity index (χ4v) is 8.46. The Bertz CT molecular complexity index is 1710. The molecule has 0 radical (unpaired) electrons. The number of thiophene rings is 1. The first kappa shape index (κ1) is 28.0. The number of aromatic nitrogens is 2. The normalized spacial score (nSPS) is 23.7. The van der Waals surface area contributed by atoms with Crippen molar-refractivity contribution in [3.05, 3.63) is 40.4 Å². The Hall–Kier alpha value is -2.79. The number of piperidine rings is 1. The van der Waals surface area contributed by atoms with Gasteiger partial charge in [0.25, 0.3) is 0 Å². The molecule has 0 bridgehead atoms. The van der Waals surface area contributed by atoms with Crippen LogP contribution in [0.4, 0.5) is 19.6 Å². The van der Waals surface area contributed by atoms with Gasteiger partial charge in [-0.3, -0.25) is 4.90 Å². The van der Waals surface area contributed by atoms with Gasteiger partial charge in [0.2, 0.25) is 0 Å². The Morgan fingerprint density at radius 1 is 1.21 bits per heavy atom. The first-order chi connectivity index (χ1) is 20.2. The average Bonchev–Trinajstić information content (AvgIpc) is 3.52. The van der Waals surface area contributed by atoms with Crippen molar-refractivity contribution in [3.8, 4) is 17.1 Å². The molecule has 4 aromatic rings. The van der Waals surface area contributed by atoms with Crippen LogP contribution < -0.4 is 20.7 Å². The standard InChI is InChI=1S/C31H35ClF2N6OS/c1-16-23-18(7-8-21(33)27(23)42-28(16)35)24-20(32)14-19-26(25(24)34)37-30(41-17(2)22-6-4-12-39(22)3)38-29(19)40-13-5-9-31(15-40)10-11-36-31/h7-8,14,17,22,36H,4-6,9-13,15,35H2,1-3H3/t17-,22-,31?/m0/s1. The van der Waals surface area contributed by atoms with Crippen LogP contribution >= 0.6 is 22.9 Å². The van der Waals surface area contributed by atoms with Gasteiger partial charge < -0.3 is 20.7 Å². The summed E-state index contributed by atoms with van der Waals surface area (Å²) in [6, 6.07) is 5.04. The van der Waals surface area contributed by atoms with Gasteiger partial charge in [0.15, 0.2) is 5.82 Å². The lowest BCUT2D eigenvalue weighted by Gasteiger charge is -2.50. The number of likely N-dealkylation sites (N-methyl/N-ethyl adjacent to an activating group) is 1. The van der Waals surface area contributed by atoms with Crippen LogP contribution in [0.3, 0.4) is 0 Å². The summed E-state index contributed by atoms with van der Waals surface area (Å²) < 4.78 is 38.4. The van der Waals surface area contributed by atoms with E-state index in [4.69, 9.17) is 27.1 Å². The summed E-state index contributed by atoms with van der Waals surface area (Å²) in [5.41, 5.74) is 7.73. The van der Waals surface area contributed by atoms with E-state index in [-0.39, 0.29) is 39.8 Å². The summed E-state index contributed by atoms with van der Waals surface area (Å²) in [7, 11) is 2.10. The molecule has 7 nitrogen and oxygen atoms in total. The SMILES string of the molecule is Cc1c(N)sc2c(F)ccc(-c3c(Cl)cc4c(N5CCCC6(CCN6)C5)nc(O[C@@H](C)[C@@H]5CCCN5C)nc4c3F)c12. The third-order valence-electron chi connectivity index (χ3n) is 9.57. The molecule has 3 aliphatic rings. The molecule has 5 heterocycles. The van der Waals surface area contributed by atoms with Gasteiger partial charge >= 0.3 is 6.01 Å². The number of likely N-dealkylation sites (tertiary alicyclic amines) is 1. The number of hydrogen-bond donors (Lipinski definition) is 2. The Morgan fingerprint density at radius 2 is 2.02 bits per heavy atom. The van der Waals surface area contributed by atoms with Crippen molar-refractivity contribution in [1.82, 2.24) is 20.2 Å². The van der Waals surface area contributed by atoms with Gasteiger partial charge in [0.1, 0.15) is 23.3 Å². The summed E-state index contributed by atoms with van der Waals surface area (Å²) in [5.74, 6) is -0.352. The number of rotatable bonds is 5. The molecule has 1 unspecified atom stereocenters. The van der Waals surface area contributed by atoms with Crippen LogP contribution in [0.15, 0.2) is 18.2 Å². The molecule has 2 aromatic carbocycles. The fraction of sp³-hybridized carbons (Fsp3) is 0.484. The molecule has 3 fully saturated rings. The second-order valence-corrected chi connectivity index (χ2v) is 13.6. The van der Waals surface area contributed by atoms with Crippen molar-refractivity contribution in [2.24, 2.45) is 0 Å². The van der Waals surface area contributed by atoms with E-state index in [9.17, 15) is 4.39 Å². The number of nitrogens with one attached hydrogen (secondary N) is 1. The van der Waals surface area contributed by atoms with Crippen LogP contribution in [0.25, 0.3) is 32.1 Å². The molecule has 222 valence electrons. The van der Waals surface area contributed by atoms with E-state index in [1.54, 1.807) is 12.1 Å². The predicted molar refractivity (Wildman–Crippen MR) is 167 cm³/mol. The highest BCUT2D eigenvalue weighted by Gasteiger charge is 2.41. The Morgan fingerprint density at radius 3 is 2.74 bits per heavy atom. The van der Waals surface area contributed by atoms with Crippen LogP contribution in [0, 0.1) is 18.6 Å². The maximum Gasteiger partial charge on any atom is 0.319 e. The van der Waals surface area contributed by atoms with Gasteiger partial charge in [-0.25, -0.2) is 8.78 Å². The van der Waals surface area contributed by atoms with Crippen LogP contribution in [0.1, 0.15) is 44.6 Å². The molecule has 3 aliphatic heterocycles. The largest absolute Gasteiger partial charge is 0.459 e. The molecule has 11 heteroatoms. The monoisotopic (exact) mass is 612 g/mol. The lowest BCUT2D eigenvalue weighted by Crippen LogP contribution is -2.65. The molecule has 1 spiro atoms. The zero-order valence-electron chi connectivity index (χ0n) is 24.1. The first-order valence-corrected chi connectivity index (χ1v) is 15.9. The number of halogens is 3. The molecule has 2 aromatic heterocycles. The number of ether oxygens (including phenoxy) is 1. The minimum atomic E-state index is -0.581. The quantitative estimate of drug-likeness (QED) is 0.265. The summed E-state index contributed by atoms with van der Waals surface area (Å²) in [6.45, 7) is 7.42. The average molecular weight is 613 g/mol. The van der Waals surface area contributed by atoms with Crippen molar-refractivity contribution < 1.29 is 13.5 Å². The van der Waals surface area contributed by atoms with Gasteiger partial charge in [-0.05, 0) is 89.3 Å². The van der Waals surface area contributed by atoms with E-state index in [1.165, 1.54) is 6.07 Å². The first-order valence-electron chi connectivity index (χ1n) is 14.7. The fourth-order valence-electron chi connectivity index (χ4n) is 7.16. The van der Waals surface area contributed by atoms with Gasteiger partial charge in [-0.1, -0.05) is 17.7 Å². The second-order valence-electron chi connectivity index (χ2n) is 12.2. The Labute approximate surface area is 253 Å². The molecule has 3 atom stereocenters. The van der Waals surface area contributed by atoms with Gasteiger partial charge in [-0.2, -0.15) is 9.97 Å². The maximum absolute atomic E-state index is 16.8. The van der Waals surface area contributed by atoms with Crippen LogP contribution in [-0.2, 0) is 0 Å². The third kappa shape index (κ3) is 4.49. The number of nitrogens with two attached hydrogens (primary N) is 1. The smallest absolute Gasteiger partial charge is 0.319 e. The summed E-state index contributed by atoms with van der Waals surface area (Å²) in [6.07, 6.45) is 5.16. The highest BCUT2D eigenvalue weighted by molar-refractivity contribution is 7.23. The van der Waals surface area contributed by atoms with E-state index in [0.717, 1.165) is 69.6 Å². The summed E-state index contributed by atoms with van der Waals surface area (Å²) >= 11 is 8.04. The molecule has 7 rings (SSSR count). The highest BCUT2D eigenvalue weighted by atomic mass is 35.5. The zero-order valence-corrected chi connectivity index (χ0v) is 25.6. The van der Waals surface area contributed by atoms with Crippen molar-refractivity contribution >= 4 is 54.7 Å². The number of nitrogen functional groups attached to an aromatic ring is 1. The molecular formula is C31H35ClF2N6OS. The van der Waals surface area contributed by atoms with Crippen molar-refractivity contribution in [2.75, 3.05) is 43.9 Å². The van der Waals surface area contributed by atoms with Gasteiger partial charge in [0.05, 0.1) is 14.7 Å². The van der Waals surface area contributed by atoms with E-state index >= 15 is 4.39 Å². The number of anilines is 2.